The molecule has 0 spiro atoms. The Bertz CT molecular complexity index is 1820. The van der Waals surface area contributed by atoms with Gasteiger partial charge in [-0.1, -0.05) is 214 Å². The van der Waals surface area contributed by atoms with Gasteiger partial charge in [0.25, 0.3) is 0 Å². The predicted molar refractivity (Wildman–Crippen MR) is 257 cm³/mol. The predicted octanol–water partition coefficient (Wildman–Crippen LogP) is 13.7. The fourth-order valence-electron chi connectivity index (χ4n) is 8.26. The van der Waals surface area contributed by atoms with Gasteiger partial charge in [0.1, 0.15) is 11.5 Å². The number of benzene rings is 4. The van der Waals surface area contributed by atoms with Gasteiger partial charge < -0.3 is 23.7 Å². The maximum atomic E-state index is 15.3. The first kappa shape index (κ1) is 52.3. The number of esters is 4. The maximum absolute atomic E-state index is 15.3. The molecular weight excluding hydrogens is 817 g/mol. The highest BCUT2D eigenvalue weighted by molar-refractivity contribution is 5.90. The smallest absolute Gasteiger partial charge is 0.347 e. The lowest BCUT2D eigenvalue weighted by Crippen LogP contribution is -2.52. The van der Waals surface area contributed by atoms with Crippen molar-refractivity contribution in [2.75, 3.05) is 13.2 Å². The van der Waals surface area contributed by atoms with Gasteiger partial charge in [-0.15, -0.1) is 0 Å². The molecule has 0 radical (unpaired) electrons. The van der Waals surface area contributed by atoms with Gasteiger partial charge in [0, 0.05) is 13.8 Å². The summed E-state index contributed by atoms with van der Waals surface area (Å²) in [6.07, 6.45) is 22.4. The van der Waals surface area contributed by atoms with Crippen LogP contribution >= 0.6 is 0 Å². The number of carbonyl (C=O) groups excluding carboxylic acids is 4. The van der Waals surface area contributed by atoms with Crippen molar-refractivity contribution < 1.29 is 42.9 Å². The molecule has 2 atom stereocenters. The summed E-state index contributed by atoms with van der Waals surface area (Å²) in [6, 6.07) is 31.0. The summed E-state index contributed by atoms with van der Waals surface area (Å²) in [6.45, 7) is 7.36. The van der Waals surface area contributed by atoms with Crippen LogP contribution in [0.3, 0.4) is 0 Å². The van der Waals surface area contributed by atoms with E-state index in [0.717, 1.165) is 38.5 Å². The van der Waals surface area contributed by atoms with E-state index in [4.69, 9.17) is 23.7 Å². The second-order valence-electron chi connectivity index (χ2n) is 17.1. The molecule has 0 bridgehead atoms. The van der Waals surface area contributed by atoms with Crippen LogP contribution in [-0.2, 0) is 44.6 Å². The summed E-state index contributed by atoms with van der Waals surface area (Å²) < 4.78 is 30.8. The van der Waals surface area contributed by atoms with Crippen LogP contribution in [0.5, 0.6) is 11.5 Å². The molecule has 9 nitrogen and oxygen atoms in total. The molecular formula is C56H74O9. The van der Waals surface area contributed by atoms with Crippen LogP contribution in [0.1, 0.15) is 178 Å². The van der Waals surface area contributed by atoms with E-state index in [0.29, 0.717) is 35.1 Å². The molecule has 2 unspecified atom stereocenters. The standard InChI is InChI=1S/C56H74O9/c1-5-7-9-11-13-15-17-19-21-29-43-61-53(59)55(47-31-25-23-26-32-47,49-35-39-51(40-36-49)63-45(3)57)65-56(48-33-27-24-28-34-48,50-37-41-52(42-38-50)64-46(4)58)54(60)62-44-30-22-20-18-16-14-12-10-8-6-2/h23-28,31-42H,5-22,29-30,43-44H2,1-4H3. The minimum absolute atomic E-state index is 0.136. The van der Waals surface area contributed by atoms with E-state index in [9.17, 15) is 9.59 Å². The van der Waals surface area contributed by atoms with Gasteiger partial charge in [-0.25, -0.2) is 9.59 Å². The van der Waals surface area contributed by atoms with Crippen LogP contribution in [0.25, 0.3) is 0 Å². The van der Waals surface area contributed by atoms with E-state index in [2.05, 4.69) is 13.8 Å². The van der Waals surface area contributed by atoms with E-state index < -0.39 is 35.1 Å². The highest BCUT2D eigenvalue weighted by Crippen LogP contribution is 2.47. The molecule has 4 rings (SSSR count). The average Bonchev–Trinajstić information content (AvgIpc) is 3.31. The van der Waals surface area contributed by atoms with E-state index >= 15 is 9.59 Å². The maximum Gasteiger partial charge on any atom is 0.347 e. The molecule has 0 N–H and O–H groups in total. The van der Waals surface area contributed by atoms with E-state index in [1.165, 1.54) is 90.9 Å². The molecule has 0 saturated carbocycles. The second kappa shape index (κ2) is 29.3. The van der Waals surface area contributed by atoms with Crippen LogP contribution < -0.4 is 9.47 Å². The van der Waals surface area contributed by atoms with Gasteiger partial charge >= 0.3 is 23.9 Å². The Kier molecular flexibility index (Phi) is 23.6. The van der Waals surface area contributed by atoms with Gasteiger partial charge in [0.05, 0.1) is 13.2 Å². The normalized spacial score (nSPS) is 13.0. The third-order valence-corrected chi connectivity index (χ3v) is 11.7. The first-order valence-corrected chi connectivity index (χ1v) is 24.4. The van der Waals surface area contributed by atoms with Crippen molar-refractivity contribution in [1.82, 2.24) is 0 Å². The monoisotopic (exact) mass is 891 g/mol. The summed E-state index contributed by atoms with van der Waals surface area (Å²) in [5, 5.41) is 0. The van der Waals surface area contributed by atoms with Crippen molar-refractivity contribution >= 4 is 23.9 Å². The quantitative estimate of drug-likeness (QED) is 0.0268. The Balaban J connectivity index is 1.77. The number of hydrogen-bond donors (Lipinski definition) is 0. The highest BCUT2D eigenvalue weighted by atomic mass is 16.6. The zero-order valence-corrected chi connectivity index (χ0v) is 39.6. The Hall–Kier alpha value is -5.28. The summed E-state index contributed by atoms with van der Waals surface area (Å²) in [5.41, 5.74) is -2.65. The largest absolute Gasteiger partial charge is 0.463 e. The Morgan fingerprint density at radius 3 is 0.938 bits per heavy atom. The Morgan fingerprint density at radius 1 is 0.369 bits per heavy atom. The molecule has 0 aromatic heterocycles. The van der Waals surface area contributed by atoms with E-state index in [1.54, 1.807) is 97.1 Å². The molecule has 0 aliphatic rings. The number of rotatable bonds is 32. The molecule has 352 valence electrons. The molecule has 0 fully saturated rings. The fourth-order valence-corrected chi connectivity index (χ4v) is 8.26. The van der Waals surface area contributed by atoms with E-state index in [-0.39, 0.29) is 24.7 Å². The molecule has 4 aromatic carbocycles. The van der Waals surface area contributed by atoms with Crippen molar-refractivity contribution in [2.24, 2.45) is 0 Å². The van der Waals surface area contributed by atoms with Crippen molar-refractivity contribution in [3.63, 3.8) is 0 Å². The molecule has 0 amide bonds. The van der Waals surface area contributed by atoms with Crippen LogP contribution in [-0.4, -0.2) is 37.1 Å². The molecule has 0 heterocycles. The highest BCUT2D eigenvalue weighted by Gasteiger charge is 2.57. The summed E-state index contributed by atoms with van der Waals surface area (Å²) >= 11 is 0. The Morgan fingerprint density at radius 2 is 0.646 bits per heavy atom. The third kappa shape index (κ3) is 16.6. The van der Waals surface area contributed by atoms with Crippen LogP contribution in [0, 0.1) is 0 Å². The zero-order valence-electron chi connectivity index (χ0n) is 39.6. The zero-order chi connectivity index (χ0) is 46.6. The van der Waals surface area contributed by atoms with Crippen molar-refractivity contribution in [2.45, 2.75) is 167 Å². The van der Waals surface area contributed by atoms with Gasteiger partial charge in [-0.05, 0) is 59.4 Å². The lowest BCUT2D eigenvalue weighted by atomic mass is 9.81. The first-order valence-electron chi connectivity index (χ1n) is 24.4. The number of carbonyl (C=O) groups is 4. The van der Waals surface area contributed by atoms with Crippen molar-refractivity contribution in [1.29, 1.82) is 0 Å². The molecule has 0 saturated heterocycles. The van der Waals surface area contributed by atoms with E-state index in [1.807, 2.05) is 12.1 Å². The third-order valence-electron chi connectivity index (χ3n) is 11.7. The van der Waals surface area contributed by atoms with Crippen LogP contribution in [0.15, 0.2) is 109 Å². The fraction of sp³-hybridized carbons (Fsp3) is 0.500. The SMILES string of the molecule is CCCCCCCCCCCCOC(=O)C(OC(C(=O)OCCCCCCCCCCCC)(c1ccccc1)c1ccc(OC(C)=O)cc1)(c1ccccc1)c1ccc(OC(C)=O)cc1. The molecule has 0 aliphatic carbocycles. The number of hydrogen-bond acceptors (Lipinski definition) is 9. The minimum Gasteiger partial charge on any atom is -0.463 e. The number of unbranched alkanes of at least 4 members (excludes halogenated alkanes) is 18. The van der Waals surface area contributed by atoms with Gasteiger partial charge in [0.2, 0.25) is 11.2 Å². The summed E-state index contributed by atoms with van der Waals surface area (Å²) in [5.74, 6) is -1.89. The second-order valence-corrected chi connectivity index (χ2v) is 17.1. The van der Waals surface area contributed by atoms with Crippen molar-refractivity contribution in [3.8, 4) is 11.5 Å². The minimum atomic E-state index is -2.07. The van der Waals surface area contributed by atoms with Gasteiger partial charge in [-0.2, -0.15) is 0 Å². The topological polar surface area (TPSA) is 114 Å². The van der Waals surface area contributed by atoms with Gasteiger partial charge in [-0.3, -0.25) is 9.59 Å². The Labute approximate surface area is 388 Å². The molecule has 0 aliphatic heterocycles. The summed E-state index contributed by atoms with van der Waals surface area (Å²) in [7, 11) is 0. The molecule has 4 aromatic rings. The molecule has 9 heteroatoms. The average molecular weight is 891 g/mol. The van der Waals surface area contributed by atoms with Crippen LogP contribution in [0.4, 0.5) is 0 Å². The van der Waals surface area contributed by atoms with Gasteiger partial charge in [0.15, 0.2) is 0 Å². The lowest BCUT2D eigenvalue weighted by molar-refractivity contribution is -0.201. The molecule has 65 heavy (non-hydrogen) atoms. The lowest BCUT2D eigenvalue weighted by Gasteiger charge is -2.42. The summed E-state index contributed by atoms with van der Waals surface area (Å²) in [4.78, 5) is 54.7. The van der Waals surface area contributed by atoms with Crippen LogP contribution in [0.2, 0.25) is 0 Å². The number of ether oxygens (including phenoxy) is 5. The first-order chi connectivity index (χ1) is 31.7. The van der Waals surface area contributed by atoms with Crippen molar-refractivity contribution in [3.05, 3.63) is 131 Å².